The van der Waals surface area contributed by atoms with Crippen LogP contribution >= 0.6 is 0 Å². The van der Waals surface area contributed by atoms with Crippen LogP contribution in [0.1, 0.15) is 27.9 Å². The molecule has 4 nitrogen and oxygen atoms in total. The number of carbonyl (C=O) groups is 1. The molecular formula is C23H21N3O. The summed E-state index contributed by atoms with van der Waals surface area (Å²) < 4.78 is 0. The highest BCUT2D eigenvalue weighted by Crippen LogP contribution is 2.59. The third kappa shape index (κ3) is 2.72. The highest BCUT2D eigenvalue weighted by Gasteiger charge is 2.61. The van der Waals surface area contributed by atoms with Gasteiger partial charge in [-0.25, -0.2) is 0 Å². The molecule has 3 heterocycles. The fourth-order valence-corrected chi connectivity index (χ4v) is 4.38. The van der Waals surface area contributed by atoms with Crippen molar-refractivity contribution in [2.24, 2.45) is 5.92 Å². The third-order valence-corrected chi connectivity index (χ3v) is 6.01. The molecule has 5 rings (SSSR count). The molecule has 1 aliphatic heterocycles. The van der Waals surface area contributed by atoms with Crippen molar-refractivity contribution in [1.29, 1.82) is 0 Å². The normalized spacial score (nSPS) is 23.1. The van der Waals surface area contributed by atoms with E-state index < -0.39 is 0 Å². The highest BCUT2D eigenvalue weighted by atomic mass is 16.2. The maximum Gasteiger partial charge on any atom is 0.255 e. The van der Waals surface area contributed by atoms with Crippen LogP contribution in [0.5, 0.6) is 0 Å². The van der Waals surface area contributed by atoms with Crippen molar-refractivity contribution < 1.29 is 4.79 Å². The minimum absolute atomic E-state index is 0.0685. The Balaban J connectivity index is 1.38. The summed E-state index contributed by atoms with van der Waals surface area (Å²) in [4.78, 5) is 23.7. The number of piperidine rings is 1. The number of likely N-dealkylation sites (tertiary alicyclic amines) is 1. The molecule has 1 aromatic carbocycles. The lowest BCUT2D eigenvalue weighted by Gasteiger charge is -2.21. The van der Waals surface area contributed by atoms with Crippen LogP contribution in [0, 0.1) is 12.8 Å². The lowest BCUT2D eigenvalue weighted by Crippen LogP contribution is -2.32. The summed E-state index contributed by atoms with van der Waals surface area (Å²) in [5.41, 5.74) is 5.15. The monoisotopic (exact) mass is 355 g/mol. The summed E-state index contributed by atoms with van der Waals surface area (Å²) in [6, 6.07) is 16.5. The van der Waals surface area contributed by atoms with Crippen molar-refractivity contribution in [3.8, 4) is 11.3 Å². The first-order valence-electron chi connectivity index (χ1n) is 9.39. The number of carbonyl (C=O) groups excluding carboxylic acids is 1. The SMILES string of the molecule is Cc1ccc([C@]23C[C@H]2CN(C(=O)c2cncc(-c4ccccn4)c2)C3)cc1. The zero-order valence-corrected chi connectivity index (χ0v) is 15.3. The Morgan fingerprint density at radius 2 is 2.00 bits per heavy atom. The Bertz CT molecular complexity index is 1000. The predicted molar refractivity (Wildman–Crippen MR) is 104 cm³/mol. The van der Waals surface area contributed by atoms with E-state index in [2.05, 4.69) is 41.2 Å². The van der Waals surface area contributed by atoms with Crippen LogP contribution in [0.3, 0.4) is 0 Å². The molecule has 0 spiro atoms. The summed E-state index contributed by atoms with van der Waals surface area (Å²) in [6.45, 7) is 3.74. The highest BCUT2D eigenvalue weighted by molar-refractivity contribution is 5.95. The average molecular weight is 355 g/mol. The van der Waals surface area contributed by atoms with Crippen molar-refractivity contribution >= 4 is 5.91 Å². The Morgan fingerprint density at radius 3 is 2.78 bits per heavy atom. The van der Waals surface area contributed by atoms with Crippen molar-refractivity contribution in [2.45, 2.75) is 18.8 Å². The van der Waals surface area contributed by atoms with Gasteiger partial charge in [0.25, 0.3) is 5.91 Å². The van der Waals surface area contributed by atoms with Gasteiger partial charge in [-0.2, -0.15) is 0 Å². The molecule has 4 heteroatoms. The second kappa shape index (κ2) is 6.02. The summed E-state index contributed by atoms with van der Waals surface area (Å²) in [7, 11) is 0. The van der Waals surface area contributed by atoms with Gasteiger partial charge in [0, 0.05) is 42.7 Å². The molecule has 134 valence electrons. The van der Waals surface area contributed by atoms with Gasteiger partial charge in [0.1, 0.15) is 0 Å². The molecule has 2 aromatic heterocycles. The molecule has 2 aliphatic rings. The number of nitrogens with zero attached hydrogens (tertiary/aromatic N) is 3. The number of hydrogen-bond acceptors (Lipinski definition) is 3. The predicted octanol–water partition coefficient (Wildman–Crippen LogP) is 3.87. The van der Waals surface area contributed by atoms with E-state index in [1.165, 1.54) is 17.5 Å². The van der Waals surface area contributed by atoms with Crippen LogP contribution in [0.4, 0.5) is 0 Å². The van der Waals surface area contributed by atoms with E-state index in [0.29, 0.717) is 11.5 Å². The number of aromatic nitrogens is 2. The Morgan fingerprint density at radius 1 is 1.15 bits per heavy atom. The van der Waals surface area contributed by atoms with Gasteiger partial charge in [0.15, 0.2) is 0 Å². The zero-order valence-electron chi connectivity index (χ0n) is 15.3. The van der Waals surface area contributed by atoms with Gasteiger partial charge in [-0.05, 0) is 43.0 Å². The maximum absolute atomic E-state index is 13.1. The lowest BCUT2D eigenvalue weighted by molar-refractivity contribution is 0.0772. The van der Waals surface area contributed by atoms with Crippen molar-refractivity contribution in [2.75, 3.05) is 13.1 Å². The van der Waals surface area contributed by atoms with Crippen molar-refractivity contribution in [1.82, 2.24) is 14.9 Å². The van der Waals surface area contributed by atoms with Gasteiger partial charge in [-0.15, -0.1) is 0 Å². The fourth-order valence-electron chi connectivity index (χ4n) is 4.38. The van der Waals surface area contributed by atoms with Gasteiger partial charge < -0.3 is 4.90 Å². The Hall–Kier alpha value is -3.01. The van der Waals surface area contributed by atoms with E-state index in [4.69, 9.17) is 0 Å². The number of pyridine rings is 2. The van der Waals surface area contributed by atoms with Crippen LogP contribution < -0.4 is 0 Å². The second-order valence-corrected chi connectivity index (χ2v) is 7.79. The smallest absolute Gasteiger partial charge is 0.255 e. The number of fused-ring (bicyclic) bond motifs is 1. The second-order valence-electron chi connectivity index (χ2n) is 7.79. The molecule has 3 aromatic rings. The molecule has 0 radical (unpaired) electrons. The third-order valence-electron chi connectivity index (χ3n) is 6.01. The first kappa shape index (κ1) is 16.2. The number of aryl methyl sites for hydroxylation is 1. The number of amides is 1. The van der Waals surface area contributed by atoms with E-state index in [1.54, 1.807) is 18.6 Å². The van der Waals surface area contributed by atoms with E-state index in [-0.39, 0.29) is 11.3 Å². The Kier molecular flexibility index (Phi) is 3.61. The standard InChI is InChI=1S/C23H21N3O/c1-16-5-7-19(8-6-16)23-11-20(23)14-26(15-23)22(27)18-10-17(12-24-13-18)21-4-2-3-9-25-21/h2-10,12-13,20H,11,14-15H2,1H3/t20-,23+/m0/s1. The van der Waals surface area contributed by atoms with Gasteiger partial charge in [-0.1, -0.05) is 35.9 Å². The number of hydrogen-bond donors (Lipinski definition) is 0. The molecule has 1 amide bonds. The van der Waals surface area contributed by atoms with E-state index in [9.17, 15) is 4.79 Å². The first-order chi connectivity index (χ1) is 13.2. The molecule has 27 heavy (non-hydrogen) atoms. The average Bonchev–Trinajstić information content (AvgIpc) is 3.29. The Labute approximate surface area is 158 Å². The largest absolute Gasteiger partial charge is 0.337 e. The van der Waals surface area contributed by atoms with E-state index in [0.717, 1.165) is 24.3 Å². The quantitative estimate of drug-likeness (QED) is 0.717. The maximum atomic E-state index is 13.1. The molecule has 0 bridgehead atoms. The topological polar surface area (TPSA) is 46.1 Å². The summed E-state index contributed by atoms with van der Waals surface area (Å²) in [5.74, 6) is 0.648. The molecule has 0 unspecified atom stereocenters. The van der Waals surface area contributed by atoms with Gasteiger partial charge in [0.05, 0.1) is 11.3 Å². The zero-order chi connectivity index (χ0) is 18.4. The molecule has 2 atom stereocenters. The molecule has 2 fully saturated rings. The number of benzene rings is 1. The molecule has 1 saturated carbocycles. The minimum atomic E-state index is 0.0685. The molecular weight excluding hydrogens is 334 g/mol. The van der Waals surface area contributed by atoms with Crippen molar-refractivity contribution in [3.63, 3.8) is 0 Å². The van der Waals surface area contributed by atoms with E-state index >= 15 is 0 Å². The van der Waals surface area contributed by atoms with Gasteiger partial charge >= 0.3 is 0 Å². The molecule has 1 aliphatic carbocycles. The fraction of sp³-hybridized carbons (Fsp3) is 0.261. The molecule has 1 saturated heterocycles. The molecule has 0 N–H and O–H groups in total. The van der Waals surface area contributed by atoms with Crippen LogP contribution in [-0.4, -0.2) is 33.9 Å². The minimum Gasteiger partial charge on any atom is -0.337 e. The first-order valence-corrected chi connectivity index (χ1v) is 9.39. The van der Waals surface area contributed by atoms with Crippen LogP contribution in [0.2, 0.25) is 0 Å². The summed E-state index contributed by atoms with van der Waals surface area (Å²) >= 11 is 0. The van der Waals surface area contributed by atoms with Crippen LogP contribution in [0.15, 0.2) is 67.1 Å². The summed E-state index contributed by atoms with van der Waals surface area (Å²) in [6.07, 6.45) is 6.36. The van der Waals surface area contributed by atoms with Gasteiger partial charge in [-0.3, -0.25) is 14.8 Å². The van der Waals surface area contributed by atoms with Crippen LogP contribution in [-0.2, 0) is 5.41 Å². The van der Waals surface area contributed by atoms with E-state index in [1.807, 2.05) is 29.2 Å². The lowest BCUT2D eigenvalue weighted by atomic mass is 9.94. The van der Waals surface area contributed by atoms with Crippen LogP contribution in [0.25, 0.3) is 11.3 Å². The summed E-state index contributed by atoms with van der Waals surface area (Å²) in [5, 5.41) is 0. The van der Waals surface area contributed by atoms with Gasteiger partial charge in [0.2, 0.25) is 0 Å². The van der Waals surface area contributed by atoms with Crippen molar-refractivity contribution in [3.05, 3.63) is 83.8 Å². The number of rotatable bonds is 3.